The molecule has 1 rings (SSSR count). The van der Waals surface area contributed by atoms with Gasteiger partial charge in [-0.2, -0.15) is 0 Å². The zero-order valence-corrected chi connectivity index (χ0v) is 7.58. The zero-order valence-electron chi connectivity index (χ0n) is 6.01. The molecule has 0 aliphatic heterocycles. The molecule has 1 heterocycles. The van der Waals surface area contributed by atoms with Crippen LogP contribution in [0.4, 0.5) is 0 Å². The van der Waals surface area contributed by atoms with Crippen LogP contribution in [0.3, 0.4) is 0 Å². The second-order valence-electron chi connectivity index (χ2n) is 1.95. The molecule has 0 aliphatic rings. The molecule has 0 bridgehead atoms. The number of carboxylic acids is 1. The molecule has 0 amide bonds. The van der Waals surface area contributed by atoms with Crippen LogP contribution < -0.4 is 0 Å². The van der Waals surface area contributed by atoms with E-state index < -0.39 is 25.7 Å². The Labute approximate surface area is 77.6 Å². The van der Waals surface area contributed by atoms with Gasteiger partial charge in [-0.25, -0.2) is 23.2 Å². The smallest absolute Gasteiger partial charge is 0.357 e. The molecule has 0 spiro atoms. The molecule has 0 aliphatic carbocycles. The van der Waals surface area contributed by atoms with Crippen LogP contribution in [0, 0.1) is 0 Å². The SMILES string of the molecule is O=C(O)c1nccnc1S(=O)(=O)Cl. The summed E-state index contributed by atoms with van der Waals surface area (Å²) in [6.45, 7) is 0. The van der Waals surface area contributed by atoms with Crippen molar-refractivity contribution in [1.82, 2.24) is 9.97 Å². The van der Waals surface area contributed by atoms with Crippen LogP contribution in [0.2, 0.25) is 0 Å². The Hall–Kier alpha value is -1.21. The first kappa shape index (κ1) is 9.87. The van der Waals surface area contributed by atoms with E-state index in [9.17, 15) is 13.2 Å². The number of halogens is 1. The van der Waals surface area contributed by atoms with E-state index in [4.69, 9.17) is 15.8 Å². The second kappa shape index (κ2) is 3.27. The third-order valence-corrected chi connectivity index (χ3v) is 2.30. The van der Waals surface area contributed by atoms with Gasteiger partial charge in [-0.15, -0.1) is 0 Å². The number of hydrogen-bond acceptors (Lipinski definition) is 5. The van der Waals surface area contributed by atoms with E-state index in [0.29, 0.717) is 0 Å². The number of carboxylic acid groups (broad SMARTS) is 1. The lowest BCUT2D eigenvalue weighted by atomic mass is 10.5. The standard InChI is InChI=1S/C5H3ClN2O4S/c6-13(11,12)4-3(5(9)10)7-1-2-8-4/h1-2H,(H,9,10). The summed E-state index contributed by atoms with van der Waals surface area (Å²) >= 11 is 0. The Balaban J connectivity index is 3.46. The van der Waals surface area contributed by atoms with Crippen molar-refractivity contribution in [2.75, 3.05) is 0 Å². The predicted octanol–water partition coefficient (Wildman–Crippen LogP) is 0.102. The van der Waals surface area contributed by atoms with Gasteiger partial charge in [-0.05, 0) is 0 Å². The first-order valence-corrected chi connectivity index (χ1v) is 5.23. The van der Waals surface area contributed by atoms with E-state index in [1.165, 1.54) is 0 Å². The number of nitrogens with zero attached hydrogens (tertiary/aromatic N) is 2. The Morgan fingerprint density at radius 3 is 2.31 bits per heavy atom. The van der Waals surface area contributed by atoms with Gasteiger partial charge in [0.15, 0.2) is 5.69 Å². The summed E-state index contributed by atoms with van der Waals surface area (Å²) in [5.74, 6) is -1.49. The van der Waals surface area contributed by atoms with Crippen LogP contribution in [-0.4, -0.2) is 29.5 Å². The maximum Gasteiger partial charge on any atom is 0.357 e. The molecule has 8 heteroatoms. The molecular formula is C5H3ClN2O4S. The fourth-order valence-electron chi connectivity index (χ4n) is 0.650. The first-order valence-electron chi connectivity index (χ1n) is 2.92. The molecule has 0 atom stereocenters. The van der Waals surface area contributed by atoms with Crippen molar-refractivity contribution < 1.29 is 18.3 Å². The van der Waals surface area contributed by atoms with Crippen molar-refractivity contribution in [3.63, 3.8) is 0 Å². The quantitative estimate of drug-likeness (QED) is 0.713. The molecule has 0 fully saturated rings. The van der Waals surface area contributed by atoms with E-state index in [-0.39, 0.29) is 0 Å². The molecule has 70 valence electrons. The van der Waals surface area contributed by atoms with Gasteiger partial charge in [0, 0.05) is 23.1 Å². The highest BCUT2D eigenvalue weighted by Crippen LogP contribution is 2.14. The van der Waals surface area contributed by atoms with Crippen LogP contribution in [0.25, 0.3) is 0 Å². The summed E-state index contributed by atoms with van der Waals surface area (Å²) in [5.41, 5.74) is -0.683. The lowest BCUT2D eigenvalue weighted by Crippen LogP contribution is -2.09. The molecule has 6 nitrogen and oxygen atoms in total. The van der Waals surface area contributed by atoms with Gasteiger partial charge in [0.2, 0.25) is 5.03 Å². The van der Waals surface area contributed by atoms with Gasteiger partial charge >= 0.3 is 5.97 Å². The Bertz CT molecular complexity index is 444. The van der Waals surface area contributed by atoms with Crippen LogP contribution in [-0.2, 0) is 9.05 Å². The Kier molecular flexibility index (Phi) is 2.48. The Morgan fingerprint density at radius 1 is 1.38 bits per heavy atom. The van der Waals surface area contributed by atoms with Gasteiger partial charge in [-0.3, -0.25) is 0 Å². The number of aromatic carboxylic acids is 1. The minimum atomic E-state index is -4.16. The third-order valence-electron chi connectivity index (χ3n) is 1.10. The average Bonchev–Trinajstić information content (AvgIpc) is 2.03. The van der Waals surface area contributed by atoms with Gasteiger partial charge in [0.1, 0.15) is 0 Å². The highest BCUT2D eigenvalue weighted by Gasteiger charge is 2.22. The number of hydrogen-bond donors (Lipinski definition) is 1. The van der Waals surface area contributed by atoms with Crippen LogP contribution in [0.1, 0.15) is 10.5 Å². The fourth-order valence-corrected chi connectivity index (χ4v) is 1.55. The predicted molar refractivity (Wildman–Crippen MR) is 42.0 cm³/mol. The van der Waals surface area contributed by atoms with Crippen molar-refractivity contribution in [3.05, 3.63) is 18.1 Å². The maximum atomic E-state index is 10.8. The molecule has 13 heavy (non-hydrogen) atoms. The van der Waals surface area contributed by atoms with E-state index in [1.807, 2.05) is 0 Å². The molecular weight excluding hydrogens is 220 g/mol. The van der Waals surface area contributed by atoms with Crippen LogP contribution in [0.5, 0.6) is 0 Å². The van der Waals surface area contributed by atoms with Crippen molar-refractivity contribution >= 4 is 25.7 Å². The molecule has 0 radical (unpaired) electrons. The molecule has 1 N–H and O–H groups in total. The lowest BCUT2D eigenvalue weighted by Gasteiger charge is -1.97. The number of rotatable bonds is 2. The minimum Gasteiger partial charge on any atom is -0.476 e. The van der Waals surface area contributed by atoms with Crippen LogP contribution in [0.15, 0.2) is 17.4 Å². The second-order valence-corrected chi connectivity index (χ2v) is 4.43. The summed E-state index contributed by atoms with van der Waals surface area (Å²) in [6.07, 6.45) is 2.11. The van der Waals surface area contributed by atoms with E-state index >= 15 is 0 Å². The van der Waals surface area contributed by atoms with E-state index in [0.717, 1.165) is 12.4 Å². The molecule has 1 aromatic heterocycles. The zero-order chi connectivity index (χ0) is 10.1. The highest BCUT2D eigenvalue weighted by atomic mass is 35.7. The summed E-state index contributed by atoms with van der Waals surface area (Å²) < 4.78 is 21.5. The average molecular weight is 223 g/mol. The molecule has 0 saturated carbocycles. The van der Waals surface area contributed by atoms with E-state index in [1.54, 1.807) is 0 Å². The van der Waals surface area contributed by atoms with E-state index in [2.05, 4.69) is 9.97 Å². The van der Waals surface area contributed by atoms with Crippen LogP contribution >= 0.6 is 10.7 Å². The molecule has 1 aromatic rings. The third kappa shape index (κ3) is 2.13. The molecule has 0 unspecified atom stereocenters. The van der Waals surface area contributed by atoms with Gasteiger partial charge in [-0.1, -0.05) is 0 Å². The maximum absolute atomic E-state index is 10.8. The first-order chi connectivity index (χ1) is 5.93. The summed E-state index contributed by atoms with van der Waals surface area (Å²) in [4.78, 5) is 17.1. The van der Waals surface area contributed by atoms with Crippen molar-refractivity contribution in [2.24, 2.45) is 0 Å². The molecule has 0 saturated heterocycles. The highest BCUT2D eigenvalue weighted by molar-refractivity contribution is 8.13. The topological polar surface area (TPSA) is 97.2 Å². The Morgan fingerprint density at radius 2 is 1.92 bits per heavy atom. The van der Waals surface area contributed by atoms with Gasteiger partial charge in [0.05, 0.1) is 0 Å². The normalized spacial score (nSPS) is 11.2. The fraction of sp³-hybridized carbons (Fsp3) is 0. The monoisotopic (exact) mass is 222 g/mol. The van der Waals surface area contributed by atoms with Crippen molar-refractivity contribution in [3.8, 4) is 0 Å². The van der Waals surface area contributed by atoms with Crippen molar-refractivity contribution in [1.29, 1.82) is 0 Å². The summed E-state index contributed by atoms with van der Waals surface area (Å²) in [7, 11) is 0.753. The molecule has 0 aromatic carbocycles. The van der Waals surface area contributed by atoms with Gasteiger partial charge in [0.25, 0.3) is 9.05 Å². The lowest BCUT2D eigenvalue weighted by molar-refractivity contribution is 0.0685. The number of carbonyl (C=O) groups is 1. The summed E-state index contributed by atoms with van der Waals surface area (Å²) in [6, 6.07) is 0. The largest absolute Gasteiger partial charge is 0.476 e. The van der Waals surface area contributed by atoms with Crippen molar-refractivity contribution in [2.45, 2.75) is 5.03 Å². The summed E-state index contributed by atoms with van der Waals surface area (Å²) in [5, 5.41) is 7.76. The number of aromatic nitrogens is 2. The minimum absolute atomic E-state index is 0.683. The van der Waals surface area contributed by atoms with Gasteiger partial charge < -0.3 is 5.11 Å².